The summed E-state index contributed by atoms with van der Waals surface area (Å²) in [7, 11) is 0. The van der Waals surface area contributed by atoms with E-state index in [2.05, 4.69) is 5.32 Å². The summed E-state index contributed by atoms with van der Waals surface area (Å²) in [5, 5.41) is 12.5. The molecule has 0 unspecified atom stereocenters. The van der Waals surface area contributed by atoms with Gasteiger partial charge in [0.25, 0.3) is 5.91 Å². The van der Waals surface area contributed by atoms with Gasteiger partial charge in [-0.15, -0.1) is 0 Å². The van der Waals surface area contributed by atoms with Crippen LogP contribution in [-0.2, 0) is 11.3 Å². The van der Waals surface area contributed by atoms with Gasteiger partial charge in [-0.05, 0) is 24.3 Å². The Hall–Kier alpha value is -2.67. The maximum absolute atomic E-state index is 14.3. The van der Waals surface area contributed by atoms with E-state index >= 15 is 0 Å². The minimum Gasteiger partial charge on any atom is -0.505 e. The number of anilines is 1. The number of phenols is 1. The highest BCUT2D eigenvalue weighted by molar-refractivity contribution is 5.95. The van der Waals surface area contributed by atoms with Crippen molar-refractivity contribution in [3.8, 4) is 5.75 Å². The molecule has 1 saturated heterocycles. The summed E-state index contributed by atoms with van der Waals surface area (Å²) in [6.07, 6.45) is 0. The van der Waals surface area contributed by atoms with Crippen molar-refractivity contribution in [1.82, 2.24) is 4.90 Å². The molecule has 1 aliphatic heterocycles. The van der Waals surface area contributed by atoms with E-state index in [1.165, 1.54) is 18.2 Å². The molecule has 1 aliphatic rings. The number of benzene rings is 2. The van der Waals surface area contributed by atoms with Gasteiger partial charge < -0.3 is 20.1 Å². The Morgan fingerprint density at radius 2 is 1.92 bits per heavy atom. The number of nitrogens with zero attached hydrogens (tertiary/aromatic N) is 1. The lowest BCUT2D eigenvalue weighted by Gasteiger charge is -2.27. The number of rotatable bonds is 4. The van der Waals surface area contributed by atoms with Crippen molar-refractivity contribution in [2.45, 2.75) is 6.54 Å². The van der Waals surface area contributed by atoms with Crippen LogP contribution >= 0.6 is 0 Å². The van der Waals surface area contributed by atoms with Gasteiger partial charge in [0.05, 0.1) is 18.8 Å². The van der Waals surface area contributed by atoms with E-state index in [0.717, 1.165) is 6.07 Å². The minimum atomic E-state index is -0.711. The number of carbonyl (C=O) groups excluding carboxylic acids is 1. The van der Waals surface area contributed by atoms with Crippen molar-refractivity contribution in [2.75, 3.05) is 31.6 Å². The maximum atomic E-state index is 14.3. The van der Waals surface area contributed by atoms with E-state index in [1.54, 1.807) is 17.0 Å². The SMILES string of the molecule is O=C(c1ccc(NCc2cccc(F)c2O)cc1F)N1CCOCC1. The van der Waals surface area contributed by atoms with Gasteiger partial charge in [0, 0.05) is 30.9 Å². The van der Waals surface area contributed by atoms with Crippen LogP contribution in [0.2, 0.25) is 0 Å². The fourth-order valence-electron chi connectivity index (χ4n) is 2.64. The molecule has 0 spiro atoms. The van der Waals surface area contributed by atoms with Gasteiger partial charge in [-0.25, -0.2) is 8.78 Å². The highest BCUT2D eigenvalue weighted by atomic mass is 19.1. The quantitative estimate of drug-likeness (QED) is 0.892. The van der Waals surface area contributed by atoms with Gasteiger partial charge in [-0.2, -0.15) is 0 Å². The molecule has 0 saturated carbocycles. The molecule has 132 valence electrons. The molecule has 2 aromatic rings. The monoisotopic (exact) mass is 348 g/mol. The zero-order chi connectivity index (χ0) is 17.8. The van der Waals surface area contributed by atoms with Crippen molar-refractivity contribution in [1.29, 1.82) is 0 Å². The summed E-state index contributed by atoms with van der Waals surface area (Å²) >= 11 is 0. The highest BCUT2D eigenvalue weighted by Gasteiger charge is 2.21. The summed E-state index contributed by atoms with van der Waals surface area (Å²) in [6.45, 7) is 1.91. The Morgan fingerprint density at radius 3 is 2.64 bits per heavy atom. The third-order valence-electron chi connectivity index (χ3n) is 4.05. The van der Waals surface area contributed by atoms with E-state index in [0.29, 0.717) is 37.6 Å². The van der Waals surface area contributed by atoms with Crippen molar-refractivity contribution in [3.63, 3.8) is 0 Å². The lowest BCUT2D eigenvalue weighted by Crippen LogP contribution is -2.41. The number of amides is 1. The van der Waals surface area contributed by atoms with E-state index in [-0.39, 0.29) is 18.0 Å². The number of hydrogen-bond acceptors (Lipinski definition) is 4. The van der Waals surface area contributed by atoms with Crippen LogP contribution in [0.1, 0.15) is 15.9 Å². The molecule has 1 heterocycles. The van der Waals surface area contributed by atoms with Gasteiger partial charge in [0.1, 0.15) is 5.82 Å². The van der Waals surface area contributed by atoms with E-state index in [9.17, 15) is 18.7 Å². The number of phenolic OH excluding ortho intramolecular Hbond substituents is 1. The molecule has 25 heavy (non-hydrogen) atoms. The largest absolute Gasteiger partial charge is 0.505 e. The Labute approximate surface area is 143 Å². The summed E-state index contributed by atoms with van der Waals surface area (Å²) in [4.78, 5) is 13.9. The molecule has 0 radical (unpaired) electrons. The average molecular weight is 348 g/mol. The fourth-order valence-corrected chi connectivity index (χ4v) is 2.64. The Bertz CT molecular complexity index is 777. The minimum absolute atomic E-state index is 0.000975. The van der Waals surface area contributed by atoms with Crippen LogP contribution in [0.4, 0.5) is 14.5 Å². The standard InChI is InChI=1S/C18H18F2N2O3/c19-15-3-1-2-12(17(15)23)11-21-13-4-5-14(16(20)10-13)18(24)22-6-8-25-9-7-22/h1-5,10,21,23H,6-9,11H2. The Morgan fingerprint density at radius 1 is 1.16 bits per heavy atom. The predicted molar refractivity (Wildman–Crippen MR) is 88.5 cm³/mol. The number of halogens is 2. The number of morpholine rings is 1. The second-order valence-corrected chi connectivity index (χ2v) is 5.70. The number of hydrogen-bond donors (Lipinski definition) is 2. The zero-order valence-corrected chi connectivity index (χ0v) is 13.5. The summed E-state index contributed by atoms with van der Waals surface area (Å²) < 4.78 is 32.8. The lowest BCUT2D eigenvalue weighted by atomic mass is 10.1. The van der Waals surface area contributed by atoms with Gasteiger partial charge in [0.2, 0.25) is 0 Å². The molecule has 0 atom stereocenters. The third-order valence-corrected chi connectivity index (χ3v) is 4.05. The first kappa shape index (κ1) is 17.2. The summed E-state index contributed by atoms with van der Waals surface area (Å²) in [5.41, 5.74) is 0.787. The average Bonchev–Trinajstić information content (AvgIpc) is 2.63. The highest BCUT2D eigenvalue weighted by Crippen LogP contribution is 2.23. The number of carbonyl (C=O) groups is 1. The smallest absolute Gasteiger partial charge is 0.256 e. The van der Waals surface area contributed by atoms with Crippen molar-refractivity contribution < 1.29 is 23.4 Å². The maximum Gasteiger partial charge on any atom is 0.256 e. The van der Waals surface area contributed by atoms with E-state index in [1.807, 2.05) is 0 Å². The molecule has 1 fully saturated rings. The van der Waals surface area contributed by atoms with Gasteiger partial charge in [0.15, 0.2) is 11.6 Å². The van der Waals surface area contributed by atoms with Crippen LogP contribution < -0.4 is 5.32 Å². The molecule has 7 heteroatoms. The van der Waals surface area contributed by atoms with Crippen LogP contribution in [0.5, 0.6) is 5.75 Å². The van der Waals surface area contributed by atoms with E-state index < -0.39 is 17.4 Å². The first-order chi connectivity index (χ1) is 12.1. The van der Waals surface area contributed by atoms with Crippen LogP contribution in [0.25, 0.3) is 0 Å². The number of nitrogens with one attached hydrogen (secondary N) is 1. The Kier molecular flexibility index (Phi) is 5.14. The number of para-hydroxylation sites is 1. The van der Waals surface area contributed by atoms with Crippen molar-refractivity contribution in [2.24, 2.45) is 0 Å². The van der Waals surface area contributed by atoms with E-state index in [4.69, 9.17) is 4.74 Å². The molecule has 1 amide bonds. The molecule has 3 rings (SSSR count). The first-order valence-corrected chi connectivity index (χ1v) is 7.93. The molecule has 2 N–H and O–H groups in total. The zero-order valence-electron chi connectivity index (χ0n) is 13.5. The Balaban J connectivity index is 1.69. The van der Waals surface area contributed by atoms with Crippen LogP contribution in [-0.4, -0.2) is 42.2 Å². The van der Waals surface area contributed by atoms with Crippen molar-refractivity contribution in [3.05, 3.63) is 59.2 Å². The predicted octanol–water partition coefficient (Wildman–Crippen LogP) is 2.75. The van der Waals surface area contributed by atoms with Gasteiger partial charge >= 0.3 is 0 Å². The third kappa shape index (κ3) is 3.88. The summed E-state index contributed by atoms with van der Waals surface area (Å²) in [6, 6.07) is 8.41. The second kappa shape index (κ2) is 7.48. The van der Waals surface area contributed by atoms with Crippen LogP contribution in [0.3, 0.4) is 0 Å². The summed E-state index contributed by atoms with van der Waals surface area (Å²) in [5.74, 6) is -2.15. The molecule has 5 nitrogen and oxygen atoms in total. The fraction of sp³-hybridized carbons (Fsp3) is 0.278. The molecule has 2 aromatic carbocycles. The van der Waals surface area contributed by atoms with Crippen LogP contribution in [0.15, 0.2) is 36.4 Å². The lowest BCUT2D eigenvalue weighted by molar-refractivity contribution is 0.0300. The molecule has 0 bridgehead atoms. The van der Waals surface area contributed by atoms with Gasteiger partial charge in [-0.3, -0.25) is 4.79 Å². The van der Waals surface area contributed by atoms with Crippen LogP contribution in [0, 0.1) is 11.6 Å². The first-order valence-electron chi connectivity index (χ1n) is 7.93. The molecular formula is C18H18F2N2O3. The van der Waals surface area contributed by atoms with Crippen molar-refractivity contribution >= 4 is 11.6 Å². The molecular weight excluding hydrogens is 330 g/mol. The normalized spacial score (nSPS) is 14.4. The second-order valence-electron chi connectivity index (χ2n) is 5.70. The topological polar surface area (TPSA) is 61.8 Å². The molecule has 0 aromatic heterocycles. The molecule has 0 aliphatic carbocycles. The number of aromatic hydroxyl groups is 1. The van der Waals surface area contributed by atoms with Gasteiger partial charge in [-0.1, -0.05) is 12.1 Å². The number of ether oxygens (including phenoxy) is 1.